The summed E-state index contributed by atoms with van der Waals surface area (Å²) in [6.07, 6.45) is 0.175. The van der Waals surface area contributed by atoms with Gasteiger partial charge in [-0.15, -0.1) is 0 Å². The van der Waals surface area contributed by atoms with Crippen molar-refractivity contribution in [2.75, 3.05) is 19.0 Å². The molecule has 0 unspecified atom stereocenters. The minimum atomic E-state index is -0.642. The molecular weight excluding hydrogens is 258 g/mol. The van der Waals surface area contributed by atoms with Crippen molar-refractivity contribution in [2.24, 2.45) is 5.73 Å². The van der Waals surface area contributed by atoms with E-state index in [-0.39, 0.29) is 18.9 Å². The van der Waals surface area contributed by atoms with E-state index in [1.54, 1.807) is 45.2 Å². The SMILES string of the molecule is CNC(C)(C)C(=O)Nc1ccc(OCCC(N)=O)cc1. The number of nitrogens with two attached hydrogens (primary N) is 1. The first-order valence-corrected chi connectivity index (χ1v) is 6.36. The van der Waals surface area contributed by atoms with Crippen LogP contribution in [0, 0.1) is 0 Å². The van der Waals surface area contributed by atoms with E-state index >= 15 is 0 Å². The molecule has 1 rings (SSSR count). The number of amides is 2. The van der Waals surface area contributed by atoms with Crippen LogP contribution in [-0.4, -0.2) is 31.0 Å². The van der Waals surface area contributed by atoms with Gasteiger partial charge >= 0.3 is 0 Å². The topological polar surface area (TPSA) is 93.4 Å². The van der Waals surface area contributed by atoms with Gasteiger partial charge in [0.1, 0.15) is 5.75 Å². The maximum atomic E-state index is 11.9. The molecular formula is C14H21N3O3. The average Bonchev–Trinajstić information content (AvgIpc) is 2.40. The Morgan fingerprint density at radius 2 is 1.85 bits per heavy atom. The quantitative estimate of drug-likeness (QED) is 0.690. The van der Waals surface area contributed by atoms with Crippen LogP contribution in [0.4, 0.5) is 5.69 Å². The Morgan fingerprint density at radius 1 is 1.25 bits per heavy atom. The molecule has 1 aromatic rings. The number of ether oxygens (including phenoxy) is 1. The molecule has 0 bridgehead atoms. The van der Waals surface area contributed by atoms with Gasteiger partial charge < -0.3 is 21.1 Å². The number of nitrogens with one attached hydrogen (secondary N) is 2. The van der Waals surface area contributed by atoms with Crippen LogP contribution in [0.25, 0.3) is 0 Å². The largest absolute Gasteiger partial charge is 0.493 e. The van der Waals surface area contributed by atoms with Gasteiger partial charge in [-0.2, -0.15) is 0 Å². The summed E-state index contributed by atoms with van der Waals surface area (Å²) in [7, 11) is 1.73. The van der Waals surface area contributed by atoms with Crippen molar-refractivity contribution in [3.63, 3.8) is 0 Å². The Labute approximate surface area is 118 Å². The van der Waals surface area contributed by atoms with Gasteiger partial charge in [0.25, 0.3) is 0 Å². The molecule has 6 heteroatoms. The fourth-order valence-corrected chi connectivity index (χ4v) is 1.30. The van der Waals surface area contributed by atoms with Crippen LogP contribution in [0.15, 0.2) is 24.3 Å². The minimum Gasteiger partial charge on any atom is -0.493 e. The van der Waals surface area contributed by atoms with Crippen molar-refractivity contribution < 1.29 is 14.3 Å². The summed E-state index contributed by atoms with van der Waals surface area (Å²) in [6, 6.07) is 6.93. The van der Waals surface area contributed by atoms with E-state index in [4.69, 9.17) is 10.5 Å². The van der Waals surface area contributed by atoms with Crippen LogP contribution >= 0.6 is 0 Å². The van der Waals surface area contributed by atoms with Crippen LogP contribution in [0.5, 0.6) is 5.75 Å². The molecule has 0 radical (unpaired) electrons. The monoisotopic (exact) mass is 279 g/mol. The fraction of sp³-hybridized carbons (Fsp3) is 0.429. The third-order valence-corrected chi connectivity index (χ3v) is 2.92. The molecule has 0 aliphatic heterocycles. The normalized spacial score (nSPS) is 10.9. The molecule has 0 heterocycles. The van der Waals surface area contributed by atoms with Crippen LogP contribution < -0.4 is 21.1 Å². The Balaban J connectivity index is 2.54. The molecule has 0 aromatic heterocycles. The van der Waals surface area contributed by atoms with Gasteiger partial charge in [-0.05, 0) is 45.2 Å². The van der Waals surface area contributed by atoms with Crippen molar-refractivity contribution in [1.82, 2.24) is 5.32 Å². The number of hydrogen-bond acceptors (Lipinski definition) is 4. The Hall–Kier alpha value is -2.08. The second kappa shape index (κ2) is 6.91. The highest BCUT2D eigenvalue weighted by atomic mass is 16.5. The first-order chi connectivity index (χ1) is 9.35. The molecule has 4 N–H and O–H groups in total. The molecule has 0 fully saturated rings. The van der Waals surface area contributed by atoms with Gasteiger partial charge in [-0.25, -0.2) is 0 Å². The summed E-state index contributed by atoms with van der Waals surface area (Å²) < 4.78 is 5.34. The van der Waals surface area contributed by atoms with Crippen molar-refractivity contribution in [3.8, 4) is 5.75 Å². The Bertz CT molecular complexity index is 469. The molecule has 1 aromatic carbocycles. The number of rotatable bonds is 7. The smallest absolute Gasteiger partial charge is 0.244 e. The van der Waals surface area contributed by atoms with E-state index in [9.17, 15) is 9.59 Å². The van der Waals surface area contributed by atoms with Gasteiger partial charge in [0.15, 0.2) is 0 Å². The number of hydrogen-bond donors (Lipinski definition) is 3. The predicted molar refractivity (Wildman–Crippen MR) is 77.5 cm³/mol. The lowest BCUT2D eigenvalue weighted by molar-refractivity contribution is -0.121. The van der Waals surface area contributed by atoms with Gasteiger partial charge in [0.2, 0.25) is 11.8 Å². The summed E-state index contributed by atoms with van der Waals surface area (Å²) >= 11 is 0. The van der Waals surface area contributed by atoms with E-state index in [2.05, 4.69) is 10.6 Å². The predicted octanol–water partition coefficient (Wildman–Crippen LogP) is 0.877. The van der Waals surface area contributed by atoms with E-state index in [0.29, 0.717) is 11.4 Å². The highest BCUT2D eigenvalue weighted by Gasteiger charge is 2.24. The second-order valence-electron chi connectivity index (χ2n) is 4.92. The van der Waals surface area contributed by atoms with Crippen LogP contribution in [-0.2, 0) is 9.59 Å². The van der Waals surface area contributed by atoms with Crippen molar-refractivity contribution in [3.05, 3.63) is 24.3 Å². The highest BCUT2D eigenvalue weighted by molar-refractivity contribution is 5.97. The Morgan fingerprint density at radius 3 is 2.35 bits per heavy atom. The lowest BCUT2D eigenvalue weighted by Crippen LogP contribution is -2.47. The van der Waals surface area contributed by atoms with E-state index < -0.39 is 11.4 Å². The highest BCUT2D eigenvalue weighted by Crippen LogP contribution is 2.17. The molecule has 0 saturated carbocycles. The second-order valence-corrected chi connectivity index (χ2v) is 4.92. The molecule has 0 aliphatic rings. The van der Waals surface area contributed by atoms with Gasteiger partial charge in [-0.3, -0.25) is 9.59 Å². The zero-order valence-electron chi connectivity index (χ0n) is 12.0. The van der Waals surface area contributed by atoms with Crippen molar-refractivity contribution >= 4 is 17.5 Å². The fourth-order valence-electron chi connectivity index (χ4n) is 1.30. The molecule has 20 heavy (non-hydrogen) atoms. The number of primary amides is 1. The molecule has 0 spiro atoms. The molecule has 0 atom stereocenters. The maximum absolute atomic E-state index is 11.9. The lowest BCUT2D eigenvalue weighted by Gasteiger charge is -2.22. The first kappa shape index (κ1) is 16.0. The third-order valence-electron chi connectivity index (χ3n) is 2.92. The van der Waals surface area contributed by atoms with Crippen molar-refractivity contribution in [1.29, 1.82) is 0 Å². The third kappa shape index (κ3) is 4.89. The molecule has 0 aliphatic carbocycles. The lowest BCUT2D eigenvalue weighted by atomic mass is 10.1. The first-order valence-electron chi connectivity index (χ1n) is 6.36. The van der Waals surface area contributed by atoms with Crippen LogP contribution in [0.3, 0.4) is 0 Å². The maximum Gasteiger partial charge on any atom is 0.244 e. The van der Waals surface area contributed by atoms with E-state index in [0.717, 1.165) is 0 Å². The van der Waals surface area contributed by atoms with Crippen LogP contribution in [0.2, 0.25) is 0 Å². The van der Waals surface area contributed by atoms with E-state index in [1.807, 2.05) is 0 Å². The molecule has 0 saturated heterocycles. The Kier molecular flexibility index (Phi) is 5.52. The number of anilines is 1. The summed E-state index contributed by atoms with van der Waals surface area (Å²) in [5, 5.41) is 5.73. The summed E-state index contributed by atoms with van der Waals surface area (Å²) in [5.41, 5.74) is 5.06. The van der Waals surface area contributed by atoms with Crippen LogP contribution in [0.1, 0.15) is 20.3 Å². The zero-order chi connectivity index (χ0) is 15.2. The summed E-state index contributed by atoms with van der Waals surface area (Å²) in [6.45, 7) is 3.83. The standard InChI is InChI=1S/C14H21N3O3/c1-14(2,16-3)13(19)17-10-4-6-11(7-5-10)20-9-8-12(15)18/h4-7,16H,8-9H2,1-3H3,(H2,15,18)(H,17,19). The van der Waals surface area contributed by atoms with Gasteiger partial charge in [0.05, 0.1) is 18.6 Å². The van der Waals surface area contributed by atoms with Crippen molar-refractivity contribution in [2.45, 2.75) is 25.8 Å². The minimum absolute atomic E-state index is 0.123. The van der Waals surface area contributed by atoms with Gasteiger partial charge in [-0.1, -0.05) is 0 Å². The summed E-state index contributed by atoms with van der Waals surface area (Å²) in [5.74, 6) is 0.0997. The molecule has 110 valence electrons. The average molecular weight is 279 g/mol. The zero-order valence-corrected chi connectivity index (χ0v) is 12.0. The number of benzene rings is 1. The number of carbonyl (C=O) groups excluding carboxylic acids is 2. The van der Waals surface area contributed by atoms with E-state index in [1.165, 1.54) is 0 Å². The molecule has 6 nitrogen and oxygen atoms in total. The number of carbonyl (C=O) groups is 2. The number of likely N-dealkylation sites (N-methyl/N-ethyl adjacent to an activating group) is 1. The summed E-state index contributed by atoms with van der Waals surface area (Å²) in [4.78, 5) is 22.5. The molecule has 2 amide bonds. The van der Waals surface area contributed by atoms with Gasteiger partial charge in [0, 0.05) is 5.69 Å².